The van der Waals surface area contributed by atoms with Crippen LogP contribution in [0, 0.1) is 12.3 Å². The molecule has 0 saturated carbocycles. The fourth-order valence-corrected chi connectivity index (χ4v) is 4.87. The first kappa shape index (κ1) is 25.8. The van der Waals surface area contributed by atoms with Crippen LogP contribution >= 0.6 is 11.6 Å². The van der Waals surface area contributed by atoms with Gasteiger partial charge in [0.25, 0.3) is 5.91 Å². The molecule has 1 saturated heterocycles. The van der Waals surface area contributed by atoms with E-state index in [1.54, 1.807) is 17.0 Å². The van der Waals surface area contributed by atoms with Crippen LogP contribution in [0.1, 0.15) is 40.7 Å². The molecule has 1 atom stereocenters. The van der Waals surface area contributed by atoms with Crippen LogP contribution in [-0.4, -0.2) is 48.4 Å². The molecule has 36 heavy (non-hydrogen) atoms. The summed E-state index contributed by atoms with van der Waals surface area (Å²) in [4.78, 5) is 30.4. The number of likely N-dealkylation sites (tertiary alicyclic amines) is 1. The lowest BCUT2D eigenvalue weighted by atomic mass is 9.77. The number of piperidine rings is 1. The van der Waals surface area contributed by atoms with Crippen LogP contribution in [0.2, 0.25) is 5.02 Å². The van der Waals surface area contributed by atoms with Crippen molar-refractivity contribution in [3.8, 4) is 5.75 Å². The van der Waals surface area contributed by atoms with Crippen LogP contribution in [0.5, 0.6) is 5.75 Å². The quantitative estimate of drug-likeness (QED) is 0.378. The molecule has 1 unspecified atom stereocenters. The molecule has 6 heteroatoms. The van der Waals surface area contributed by atoms with Crippen LogP contribution in [0.15, 0.2) is 78.9 Å². The average Bonchev–Trinajstić information content (AvgIpc) is 2.89. The van der Waals surface area contributed by atoms with Gasteiger partial charge in [-0.1, -0.05) is 59.6 Å². The van der Waals surface area contributed by atoms with Crippen molar-refractivity contribution < 1.29 is 14.3 Å². The molecule has 1 aliphatic rings. The number of hydrogen-bond acceptors (Lipinski definition) is 3. The van der Waals surface area contributed by atoms with Gasteiger partial charge in [0.2, 0.25) is 5.91 Å². The Balaban J connectivity index is 1.52. The van der Waals surface area contributed by atoms with Crippen molar-refractivity contribution in [1.82, 2.24) is 9.80 Å². The molecule has 0 radical (unpaired) electrons. The summed E-state index contributed by atoms with van der Waals surface area (Å²) >= 11 is 6.03. The second-order valence-corrected chi connectivity index (χ2v) is 10.3. The van der Waals surface area contributed by atoms with Crippen molar-refractivity contribution in [2.75, 3.05) is 26.7 Å². The number of nitrogens with zero attached hydrogens (tertiary/aromatic N) is 2. The van der Waals surface area contributed by atoms with E-state index < -0.39 is 5.41 Å². The van der Waals surface area contributed by atoms with Crippen LogP contribution in [0.25, 0.3) is 0 Å². The standard InChI is InChI=1S/C30H33ClN2O3/c1-23-9-11-25(12-10-23)29(35)33-18-6-17-30(21-33,22-36-27-15-13-26(31)14-16-27)19-28(34)32(2)20-24-7-4-3-5-8-24/h3-5,7-16H,6,17-22H2,1-2H3. The van der Waals surface area contributed by atoms with Crippen molar-refractivity contribution >= 4 is 23.4 Å². The molecule has 5 nitrogen and oxygen atoms in total. The second kappa shape index (κ2) is 11.6. The summed E-state index contributed by atoms with van der Waals surface area (Å²) in [5, 5.41) is 0.641. The molecular formula is C30H33ClN2O3. The number of halogens is 1. The lowest BCUT2D eigenvalue weighted by Crippen LogP contribution is -2.50. The number of benzene rings is 3. The Bertz CT molecular complexity index is 1170. The van der Waals surface area contributed by atoms with E-state index in [2.05, 4.69) is 0 Å². The molecule has 0 bridgehead atoms. The Morgan fingerprint density at radius 2 is 1.69 bits per heavy atom. The summed E-state index contributed by atoms with van der Waals surface area (Å²) in [6.45, 7) is 4.03. The van der Waals surface area contributed by atoms with E-state index in [0.29, 0.717) is 49.0 Å². The molecule has 3 aromatic rings. The van der Waals surface area contributed by atoms with E-state index >= 15 is 0 Å². The fourth-order valence-electron chi connectivity index (χ4n) is 4.74. The van der Waals surface area contributed by atoms with Crippen molar-refractivity contribution in [1.29, 1.82) is 0 Å². The van der Waals surface area contributed by atoms with E-state index in [0.717, 1.165) is 24.0 Å². The molecule has 0 aliphatic carbocycles. The number of ether oxygens (including phenoxy) is 1. The van der Waals surface area contributed by atoms with Crippen molar-refractivity contribution in [3.05, 3.63) is 101 Å². The Kier molecular flexibility index (Phi) is 8.32. The van der Waals surface area contributed by atoms with Gasteiger partial charge in [0.1, 0.15) is 5.75 Å². The molecule has 0 spiro atoms. The number of aryl methyl sites for hydroxylation is 1. The van der Waals surface area contributed by atoms with Gasteiger partial charge in [-0.3, -0.25) is 9.59 Å². The number of rotatable bonds is 8. The zero-order chi connectivity index (χ0) is 25.5. The van der Waals surface area contributed by atoms with Crippen LogP contribution in [0.4, 0.5) is 0 Å². The SMILES string of the molecule is Cc1ccc(C(=O)N2CCCC(COc3ccc(Cl)cc3)(CC(=O)N(C)Cc3ccccc3)C2)cc1. The highest BCUT2D eigenvalue weighted by molar-refractivity contribution is 6.30. The maximum Gasteiger partial charge on any atom is 0.253 e. The number of carbonyl (C=O) groups excluding carboxylic acids is 2. The Labute approximate surface area is 218 Å². The Morgan fingerprint density at radius 1 is 1.00 bits per heavy atom. The third-order valence-electron chi connectivity index (χ3n) is 6.82. The molecule has 3 aromatic carbocycles. The largest absolute Gasteiger partial charge is 0.493 e. The topological polar surface area (TPSA) is 49.9 Å². The minimum Gasteiger partial charge on any atom is -0.493 e. The van der Waals surface area contributed by atoms with Gasteiger partial charge in [-0.15, -0.1) is 0 Å². The lowest BCUT2D eigenvalue weighted by molar-refractivity contribution is -0.134. The van der Waals surface area contributed by atoms with Crippen molar-refractivity contribution in [2.24, 2.45) is 5.41 Å². The van der Waals surface area contributed by atoms with Gasteiger partial charge >= 0.3 is 0 Å². The predicted molar refractivity (Wildman–Crippen MR) is 143 cm³/mol. The monoisotopic (exact) mass is 504 g/mol. The zero-order valence-electron chi connectivity index (χ0n) is 21.0. The van der Waals surface area contributed by atoms with Gasteiger partial charge in [0.15, 0.2) is 0 Å². The van der Waals surface area contributed by atoms with Gasteiger partial charge in [-0.2, -0.15) is 0 Å². The van der Waals surface area contributed by atoms with Gasteiger partial charge in [0, 0.05) is 49.1 Å². The van der Waals surface area contributed by atoms with E-state index in [9.17, 15) is 9.59 Å². The summed E-state index contributed by atoms with van der Waals surface area (Å²) in [6.07, 6.45) is 1.93. The third kappa shape index (κ3) is 6.67. The fraction of sp³-hybridized carbons (Fsp3) is 0.333. The molecule has 4 rings (SSSR count). The second-order valence-electron chi connectivity index (χ2n) is 9.85. The molecule has 1 aliphatic heterocycles. The predicted octanol–water partition coefficient (Wildman–Crippen LogP) is 6.00. The highest BCUT2D eigenvalue weighted by atomic mass is 35.5. The number of carbonyl (C=O) groups is 2. The molecule has 1 fully saturated rings. The highest BCUT2D eigenvalue weighted by Gasteiger charge is 2.40. The van der Waals surface area contributed by atoms with E-state index in [4.69, 9.17) is 16.3 Å². The molecule has 2 amide bonds. The van der Waals surface area contributed by atoms with Crippen LogP contribution in [-0.2, 0) is 11.3 Å². The van der Waals surface area contributed by atoms with Gasteiger partial charge in [0.05, 0.1) is 6.61 Å². The summed E-state index contributed by atoms with van der Waals surface area (Å²) in [7, 11) is 1.83. The van der Waals surface area contributed by atoms with Crippen LogP contribution in [0.3, 0.4) is 0 Å². The summed E-state index contributed by atoms with van der Waals surface area (Å²) in [5.74, 6) is 0.740. The molecule has 188 valence electrons. The summed E-state index contributed by atoms with van der Waals surface area (Å²) in [5.41, 5.74) is 2.38. The highest BCUT2D eigenvalue weighted by Crippen LogP contribution is 2.36. The first-order valence-electron chi connectivity index (χ1n) is 12.4. The molecular weight excluding hydrogens is 472 g/mol. The minimum atomic E-state index is -0.486. The minimum absolute atomic E-state index is 0.00402. The van der Waals surface area contributed by atoms with Gasteiger partial charge in [-0.25, -0.2) is 0 Å². The van der Waals surface area contributed by atoms with Crippen molar-refractivity contribution in [2.45, 2.75) is 32.7 Å². The number of hydrogen-bond donors (Lipinski definition) is 0. The third-order valence-corrected chi connectivity index (χ3v) is 7.07. The van der Waals surface area contributed by atoms with E-state index in [-0.39, 0.29) is 11.8 Å². The zero-order valence-corrected chi connectivity index (χ0v) is 21.7. The van der Waals surface area contributed by atoms with Crippen molar-refractivity contribution in [3.63, 3.8) is 0 Å². The maximum atomic E-state index is 13.4. The van der Waals surface area contributed by atoms with Crippen LogP contribution < -0.4 is 4.74 Å². The van der Waals surface area contributed by atoms with Gasteiger partial charge in [-0.05, 0) is 61.7 Å². The van der Waals surface area contributed by atoms with E-state index in [1.165, 1.54) is 0 Å². The molecule has 0 aromatic heterocycles. The van der Waals surface area contributed by atoms with E-state index in [1.807, 2.05) is 85.6 Å². The first-order valence-corrected chi connectivity index (χ1v) is 12.7. The summed E-state index contributed by atoms with van der Waals surface area (Å²) in [6, 6.07) is 24.9. The van der Waals surface area contributed by atoms with Gasteiger partial charge < -0.3 is 14.5 Å². The Hall–Kier alpha value is -3.31. The lowest BCUT2D eigenvalue weighted by Gasteiger charge is -2.43. The Morgan fingerprint density at radius 3 is 2.39 bits per heavy atom. The summed E-state index contributed by atoms with van der Waals surface area (Å²) < 4.78 is 6.18. The maximum absolute atomic E-state index is 13.4. The normalized spacial score (nSPS) is 17.5. The smallest absolute Gasteiger partial charge is 0.253 e. The average molecular weight is 505 g/mol. The first-order chi connectivity index (χ1) is 17.3. The molecule has 0 N–H and O–H groups in total. The number of amides is 2. The molecule has 1 heterocycles.